The number of rotatable bonds is 1. The molecule has 0 aromatic carbocycles. The smallest absolute Gasteiger partial charge is 0.156 e. The molecule has 2 heteroatoms. The van der Waals surface area contributed by atoms with Crippen LogP contribution < -0.4 is 0 Å². The van der Waals surface area contributed by atoms with Gasteiger partial charge in [0.2, 0.25) is 0 Å². The molecule has 0 heterocycles. The highest BCUT2D eigenvalue weighted by molar-refractivity contribution is 5.95. The van der Waals surface area contributed by atoms with Gasteiger partial charge in [-0.15, -0.1) is 0 Å². The zero-order valence-corrected chi connectivity index (χ0v) is 9.25. The summed E-state index contributed by atoms with van der Waals surface area (Å²) in [5.74, 6) is 0.953. The molecule has 0 aromatic heterocycles. The molecule has 0 N–H and O–H groups in total. The Bertz CT molecular complexity index is 395. The lowest BCUT2D eigenvalue weighted by Gasteiger charge is -2.38. The lowest BCUT2D eigenvalue weighted by Crippen LogP contribution is -2.32. The van der Waals surface area contributed by atoms with Crippen molar-refractivity contribution in [3.8, 4) is 0 Å². The Labute approximate surface area is 89.7 Å². The second-order valence-electron chi connectivity index (χ2n) is 5.99. The molecule has 80 valence electrons. The van der Waals surface area contributed by atoms with Crippen LogP contribution >= 0.6 is 0 Å². The third-order valence-electron chi connectivity index (χ3n) is 4.82. The van der Waals surface area contributed by atoms with Gasteiger partial charge >= 0.3 is 0 Å². The summed E-state index contributed by atoms with van der Waals surface area (Å²) in [5, 5.41) is 0. The van der Waals surface area contributed by atoms with Crippen molar-refractivity contribution in [3.05, 3.63) is 11.6 Å². The maximum absolute atomic E-state index is 11.6. The van der Waals surface area contributed by atoms with Gasteiger partial charge in [-0.05, 0) is 35.7 Å². The summed E-state index contributed by atoms with van der Waals surface area (Å²) in [4.78, 5) is 22.6. The first-order chi connectivity index (χ1) is 6.99. The number of hydrogen-bond acceptors (Lipinski definition) is 2. The zero-order valence-electron chi connectivity index (χ0n) is 9.25. The number of aldehydes is 1. The Hall–Kier alpha value is -0.920. The first kappa shape index (κ1) is 9.32. The predicted octanol–water partition coefficient (Wildman–Crippen LogP) is 2.14. The van der Waals surface area contributed by atoms with Gasteiger partial charge in [-0.2, -0.15) is 0 Å². The molecule has 0 radical (unpaired) electrons. The monoisotopic (exact) mass is 204 g/mol. The fourth-order valence-corrected chi connectivity index (χ4v) is 4.04. The summed E-state index contributed by atoms with van der Waals surface area (Å²) in [5.41, 5.74) is 1.50. The average molecular weight is 204 g/mol. The first-order valence-corrected chi connectivity index (χ1v) is 5.70. The van der Waals surface area contributed by atoms with Crippen LogP contribution in [0, 0.1) is 22.7 Å². The fourth-order valence-electron chi connectivity index (χ4n) is 4.04. The van der Waals surface area contributed by atoms with Crippen molar-refractivity contribution < 1.29 is 9.59 Å². The number of fused-ring (bicyclic) bond motifs is 3. The van der Waals surface area contributed by atoms with E-state index in [0.717, 1.165) is 19.1 Å². The van der Waals surface area contributed by atoms with Gasteiger partial charge in [0.15, 0.2) is 5.78 Å². The van der Waals surface area contributed by atoms with Crippen LogP contribution in [0.15, 0.2) is 11.6 Å². The molecule has 0 saturated heterocycles. The number of carbonyl (C=O) groups excluding carboxylic acids is 2. The molecule has 0 bridgehead atoms. The molecule has 4 atom stereocenters. The van der Waals surface area contributed by atoms with Gasteiger partial charge in [-0.3, -0.25) is 4.79 Å². The van der Waals surface area contributed by atoms with Crippen molar-refractivity contribution in [2.24, 2.45) is 22.7 Å². The van der Waals surface area contributed by atoms with Crippen LogP contribution in [0.4, 0.5) is 0 Å². The van der Waals surface area contributed by atoms with Crippen molar-refractivity contribution in [2.45, 2.75) is 33.1 Å². The number of allylic oxidation sites excluding steroid dienone is 2. The molecular formula is C13H16O2. The van der Waals surface area contributed by atoms with E-state index in [1.807, 2.05) is 6.08 Å². The van der Waals surface area contributed by atoms with E-state index in [4.69, 9.17) is 0 Å². The van der Waals surface area contributed by atoms with Crippen molar-refractivity contribution in [1.82, 2.24) is 0 Å². The minimum Gasteiger partial charge on any atom is -0.303 e. The topological polar surface area (TPSA) is 34.1 Å². The SMILES string of the molecule is C[C@]12CC(=O)C=C1[C@@]1(C)C[C@H]1[C@@H](C=O)C2. The maximum Gasteiger partial charge on any atom is 0.156 e. The Morgan fingerprint density at radius 1 is 1.40 bits per heavy atom. The molecule has 0 spiro atoms. The number of carbonyl (C=O) groups is 2. The summed E-state index contributed by atoms with van der Waals surface area (Å²) in [7, 11) is 0. The first-order valence-electron chi connectivity index (χ1n) is 5.70. The van der Waals surface area contributed by atoms with Gasteiger partial charge in [0.1, 0.15) is 6.29 Å². The van der Waals surface area contributed by atoms with Crippen LogP contribution in [0.2, 0.25) is 0 Å². The molecule has 0 aliphatic heterocycles. The highest BCUT2D eigenvalue weighted by Crippen LogP contribution is 2.71. The van der Waals surface area contributed by atoms with Crippen molar-refractivity contribution in [1.29, 1.82) is 0 Å². The number of hydrogen-bond donors (Lipinski definition) is 0. The standard InChI is InChI=1S/C13H16O2/c1-12-4-8(7-14)10-6-13(10,2)11(12)3-9(15)5-12/h3,7-8,10H,4-6H2,1-2H3/t8-,10+,12+,13+/m1/s1. The molecule has 2 nitrogen and oxygen atoms in total. The van der Waals surface area contributed by atoms with Crippen molar-refractivity contribution in [3.63, 3.8) is 0 Å². The van der Waals surface area contributed by atoms with E-state index in [1.165, 1.54) is 5.57 Å². The van der Waals surface area contributed by atoms with Gasteiger partial charge in [-0.1, -0.05) is 19.4 Å². The van der Waals surface area contributed by atoms with E-state index in [9.17, 15) is 9.59 Å². The Morgan fingerprint density at radius 2 is 2.13 bits per heavy atom. The summed E-state index contributed by atoms with van der Waals surface area (Å²) in [6, 6.07) is 0. The molecule has 0 unspecified atom stereocenters. The van der Waals surface area contributed by atoms with E-state index >= 15 is 0 Å². The van der Waals surface area contributed by atoms with Crippen LogP contribution in [0.1, 0.15) is 33.1 Å². The maximum atomic E-state index is 11.6. The van der Waals surface area contributed by atoms with Gasteiger partial charge in [-0.25, -0.2) is 0 Å². The van der Waals surface area contributed by atoms with E-state index in [-0.39, 0.29) is 22.5 Å². The lowest BCUT2D eigenvalue weighted by molar-refractivity contribution is -0.117. The summed E-state index contributed by atoms with van der Waals surface area (Å²) in [6.45, 7) is 4.37. The van der Waals surface area contributed by atoms with Crippen molar-refractivity contribution >= 4 is 12.1 Å². The molecular weight excluding hydrogens is 188 g/mol. The van der Waals surface area contributed by atoms with Gasteiger partial charge in [0, 0.05) is 12.3 Å². The minimum atomic E-state index is -0.00951. The average Bonchev–Trinajstić information content (AvgIpc) is 2.74. The second kappa shape index (κ2) is 2.42. The molecule has 2 saturated carbocycles. The van der Waals surface area contributed by atoms with E-state index < -0.39 is 0 Å². The normalized spacial score (nSPS) is 51.9. The van der Waals surface area contributed by atoms with Gasteiger partial charge in [0.25, 0.3) is 0 Å². The van der Waals surface area contributed by atoms with E-state index in [2.05, 4.69) is 13.8 Å². The zero-order chi connectivity index (χ0) is 10.8. The van der Waals surface area contributed by atoms with E-state index in [0.29, 0.717) is 12.3 Å². The van der Waals surface area contributed by atoms with Crippen LogP contribution in [-0.4, -0.2) is 12.1 Å². The highest BCUT2D eigenvalue weighted by Gasteiger charge is 2.65. The fraction of sp³-hybridized carbons (Fsp3) is 0.692. The van der Waals surface area contributed by atoms with Gasteiger partial charge < -0.3 is 4.79 Å². The molecule has 0 aromatic rings. The van der Waals surface area contributed by atoms with E-state index in [1.54, 1.807) is 0 Å². The Balaban J connectivity index is 2.06. The third-order valence-corrected chi connectivity index (χ3v) is 4.82. The quantitative estimate of drug-likeness (QED) is 0.613. The lowest BCUT2D eigenvalue weighted by atomic mass is 9.64. The second-order valence-corrected chi connectivity index (χ2v) is 5.99. The van der Waals surface area contributed by atoms with Crippen LogP contribution in [0.5, 0.6) is 0 Å². The Kier molecular flexibility index (Phi) is 1.50. The Morgan fingerprint density at radius 3 is 2.80 bits per heavy atom. The number of ketones is 1. The molecule has 2 fully saturated rings. The summed E-state index contributed by atoms with van der Waals surface area (Å²) >= 11 is 0. The largest absolute Gasteiger partial charge is 0.303 e. The predicted molar refractivity (Wildman–Crippen MR) is 56.2 cm³/mol. The van der Waals surface area contributed by atoms with Gasteiger partial charge in [0.05, 0.1) is 0 Å². The minimum absolute atomic E-state index is 0.00951. The highest BCUT2D eigenvalue weighted by atomic mass is 16.1. The molecule has 0 amide bonds. The summed E-state index contributed by atoms with van der Waals surface area (Å²) in [6.07, 6.45) is 5.58. The van der Waals surface area contributed by atoms with Crippen LogP contribution in [0.25, 0.3) is 0 Å². The molecule has 3 rings (SSSR count). The molecule has 3 aliphatic carbocycles. The van der Waals surface area contributed by atoms with Crippen molar-refractivity contribution in [2.75, 3.05) is 0 Å². The van der Waals surface area contributed by atoms with Crippen LogP contribution in [0.3, 0.4) is 0 Å². The molecule has 3 aliphatic rings. The molecule has 15 heavy (non-hydrogen) atoms. The van der Waals surface area contributed by atoms with Crippen LogP contribution in [-0.2, 0) is 9.59 Å². The summed E-state index contributed by atoms with van der Waals surface area (Å²) < 4.78 is 0. The third kappa shape index (κ3) is 1.000.